The summed E-state index contributed by atoms with van der Waals surface area (Å²) in [5, 5.41) is 13.7. The largest absolute Gasteiger partial charge is 0.321 e. The Hall–Kier alpha value is -3.43. The normalized spacial score (nSPS) is 11.1. The summed E-state index contributed by atoms with van der Waals surface area (Å²) in [6.07, 6.45) is 0. The van der Waals surface area contributed by atoms with E-state index in [-0.39, 0.29) is 32.4 Å². The monoisotopic (exact) mass is 473 g/mol. The Morgan fingerprint density at radius 2 is 1.72 bits per heavy atom. The first-order valence-electron chi connectivity index (χ1n) is 9.44. The Morgan fingerprint density at radius 3 is 2.38 bits per heavy atom. The molecule has 8 nitrogen and oxygen atoms in total. The fourth-order valence-electron chi connectivity index (χ4n) is 3.13. The van der Waals surface area contributed by atoms with E-state index in [9.17, 15) is 23.3 Å². The van der Waals surface area contributed by atoms with Gasteiger partial charge in [0, 0.05) is 11.6 Å². The average molecular weight is 474 g/mol. The van der Waals surface area contributed by atoms with Crippen LogP contribution in [0, 0.1) is 30.9 Å². The van der Waals surface area contributed by atoms with Crippen molar-refractivity contribution in [2.24, 2.45) is 0 Å². The van der Waals surface area contributed by atoms with Crippen LogP contribution >= 0.6 is 11.6 Å². The Morgan fingerprint density at radius 1 is 1.00 bits per heavy atom. The topological polar surface area (TPSA) is 118 Å². The summed E-state index contributed by atoms with van der Waals surface area (Å²) < 4.78 is 28.4. The molecule has 2 N–H and O–H groups in total. The summed E-state index contributed by atoms with van der Waals surface area (Å²) in [4.78, 5) is 23.1. The third-order valence-electron chi connectivity index (χ3n) is 4.86. The minimum Gasteiger partial charge on any atom is -0.321 e. The van der Waals surface area contributed by atoms with Gasteiger partial charge in [0.05, 0.1) is 26.9 Å². The highest BCUT2D eigenvalue weighted by Crippen LogP contribution is 2.28. The van der Waals surface area contributed by atoms with E-state index in [2.05, 4.69) is 10.0 Å². The molecule has 0 bridgehead atoms. The molecular weight excluding hydrogens is 454 g/mol. The molecule has 0 aliphatic carbocycles. The number of hydrogen-bond donors (Lipinski definition) is 2. The van der Waals surface area contributed by atoms with Gasteiger partial charge in [-0.3, -0.25) is 19.6 Å². The molecule has 0 saturated carbocycles. The highest BCUT2D eigenvalue weighted by Gasteiger charge is 2.22. The molecule has 0 fully saturated rings. The zero-order valence-electron chi connectivity index (χ0n) is 17.5. The minimum atomic E-state index is -4.09. The standard InChI is InChI=1S/C22H20ClN3O5S/c1-13-7-10-18(14(2)11-13)25-32(30,31)21-12-16(8-9-17(21)23)22(27)24-19-5-4-6-20(15(19)3)26(28)29/h4-12,25H,1-3H3,(H,24,27). The maximum Gasteiger partial charge on any atom is 0.274 e. The van der Waals surface area contributed by atoms with E-state index in [0.717, 1.165) is 17.2 Å². The zero-order valence-corrected chi connectivity index (χ0v) is 19.0. The first-order valence-corrected chi connectivity index (χ1v) is 11.3. The van der Waals surface area contributed by atoms with Crippen molar-refractivity contribution >= 4 is 44.6 Å². The van der Waals surface area contributed by atoms with Crippen LogP contribution in [0.4, 0.5) is 17.1 Å². The Balaban J connectivity index is 1.92. The van der Waals surface area contributed by atoms with Crippen molar-refractivity contribution in [2.45, 2.75) is 25.7 Å². The van der Waals surface area contributed by atoms with E-state index in [0.29, 0.717) is 5.69 Å². The highest BCUT2D eigenvalue weighted by atomic mass is 35.5. The molecule has 1 amide bonds. The van der Waals surface area contributed by atoms with Crippen LogP contribution in [0.5, 0.6) is 0 Å². The number of nitrogens with one attached hydrogen (secondary N) is 2. The van der Waals surface area contributed by atoms with Crippen LogP contribution in [0.2, 0.25) is 5.02 Å². The van der Waals surface area contributed by atoms with E-state index >= 15 is 0 Å². The lowest BCUT2D eigenvalue weighted by atomic mass is 10.1. The van der Waals surface area contributed by atoms with Crippen LogP contribution in [0.3, 0.4) is 0 Å². The molecule has 32 heavy (non-hydrogen) atoms. The number of anilines is 2. The molecule has 0 aliphatic rings. The summed E-state index contributed by atoms with van der Waals surface area (Å²) >= 11 is 6.13. The molecule has 3 aromatic rings. The predicted octanol–water partition coefficient (Wildman–Crippen LogP) is 5.23. The van der Waals surface area contributed by atoms with Crippen LogP contribution in [-0.4, -0.2) is 19.2 Å². The smallest absolute Gasteiger partial charge is 0.274 e. The summed E-state index contributed by atoms with van der Waals surface area (Å²) in [6.45, 7) is 5.18. The van der Waals surface area contributed by atoms with Gasteiger partial charge in [0.25, 0.3) is 21.6 Å². The molecule has 0 spiro atoms. The van der Waals surface area contributed by atoms with Crippen molar-refractivity contribution in [2.75, 3.05) is 10.0 Å². The molecule has 0 atom stereocenters. The summed E-state index contributed by atoms with van der Waals surface area (Å²) in [7, 11) is -4.09. The number of halogens is 1. The average Bonchev–Trinajstić information content (AvgIpc) is 2.71. The third kappa shape index (κ3) is 4.90. The molecule has 10 heteroatoms. The van der Waals surface area contributed by atoms with Gasteiger partial charge in [-0.15, -0.1) is 0 Å². The molecule has 0 unspecified atom stereocenters. The second-order valence-corrected chi connectivity index (χ2v) is 9.29. The molecule has 3 aromatic carbocycles. The lowest BCUT2D eigenvalue weighted by Gasteiger charge is -2.14. The quantitative estimate of drug-likeness (QED) is 0.375. The van der Waals surface area contributed by atoms with Crippen molar-refractivity contribution in [1.29, 1.82) is 0 Å². The van der Waals surface area contributed by atoms with E-state index in [1.807, 2.05) is 13.0 Å². The summed E-state index contributed by atoms with van der Waals surface area (Å²) in [5.74, 6) is -0.631. The van der Waals surface area contributed by atoms with Gasteiger partial charge in [-0.1, -0.05) is 35.4 Å². The summed E-state index contributed by atoms with van der Waals surface area (Å²) in [6, 6.07) is 13.4. The molecule has 0 saturated heterocycles. The molecule has 0 heterocycles. The van der Waals surface area contributed by atoms with Crippen LogP contribution < -0.4 is 10.0 Å². The van der Waals surface area contributed by atoms with Gasteiger partial charge >= 0.3 is 0 Å². The van der Waals surface area contributed by atoms with Crippen LogP contribution in [0.15, 0.2) is 59.5 Å². The maximum absolute atomic E-state index is 13.0. The van der Waals surface area contributed by atoms with Crippen molar-refractivity contribution in [3.05, 3.63) is 92.0 Å². The van der Waals surface area contributed by atoms with E-state index in [1.54, 1.807) is 19.1 Å². The van der Waals surface area contributed by atoms with Gasteiger partial charge < -0.3 is 5.32 Å². The number of rotatable bonds is 6. The lowest BCUT2D eigenvalue weighted by molar-refractivity contribution is -0.385. The number of carbonyl (C=O) groups is 1. The van der Waals surface area contributed by atoms with E-state index < -0.39 is 20.9 Å². The Bertz CT molecular complexity index is 1340. The minimum absolute atomic E-state index is 0.0290. The SMILES string of the molecule is Cc1ccc(NS(=O)(=O)c2cc(C(=O)Nc3cccc([N+](=O)[O-])c3C)ccc2Cl)c(C)c1. The maximum atomic E-state index is 13.0. The van der Waals surface area contributed by atoms with Crippen molar-refractivity contribution in [3.8, 4) is 0 Å². The number of nitro benzene ring substituents is 1. The molecule has 166 valence electrons. The number of carbonyl (C=O) groups excluding carboxylic acids is 1. The predicted molar refractivity (Wildman–Crippen MR) is 124 cm³/mol. The lowest BCUT2D eigenvalue weighted by Crippen LogP contribution is -2.17. The van der Waals surface area contributed by atoms with Gasteiger partial charge in [0.2, 0.25) is 0 Å². The number of nitro groups is 1. The van der Waals surface area contributed by atoms with Crippen molar-refractivity contribution < 1.29 is 18.1 Å². The number of hydrogen-bond acceptors (Lipinski definition) is 5. The zero-order chi connectivity index (χ0) is 23.6. The van der Waals surface area contributed by atoms with Gasteiger partial charge in [0.15, 0.2) is 0 Å². The second-order valence-electron chi connectivity index (χ2n) is 7.23. The van der Waals surface area contributed by atoms with Crippen molar-refractivity contribution in [1.82, 2.24) is 0 Å². The van der Waals surface area contributed by atoms with E-state index in [4.69, 9.17) is 11.6 Å². The molecule has 0 aliphatic heterocycles. The Labute approximate surface area is 190 Å². The van der Waals surface area contributed by atoms with Crippen LogP contribution in [0.1, 0.15) is 27.0 Å². The number of amides is 1. The van der Waals surface area contributed by atoms with Crippen LogP contribution in [-0.2, 0) is 10.0 Å². The van der Waals surface area contributed by atoms with Gasteiger partial charge in [0.1, 0.15) is 4.90 Å². The fourth-order valence-corrected chi connectivity index (χ4v) is 4.79. The van der Waals surface area contributed by atoms with E-state index in [1.165, 1.54) is 37.3 Å². The molecule has 3 rings (SSSR count). The Kier molecular flexibility index (Phi) is 6.52. The second kappa shape index (κ2) is 8.97. The number of nitrogens with zero attached hydrogens (tertiary/aromatic N) is 1. The fraction of sp³-hybridized carbons (Fsp3) is 0.136. The summed E-state index contributed by atoms with van der Waals surface area (Å²) in [5.41, 5.74) is 2.54. The third-order valence-corrected chi connectivity index (χ3v) is 6.71. The number of benzene rings is 3. The first-order chi connectivity index (χ1) is 15.0. The highest BCUT2D eigenvalue weighted by molar-refractivity contribution is 7.92. The molecular formula is C22H20ClN3O5S. The molecule has 0 aromatic heterocycles. The van der Waals surface area contributed by atoms with Gasteiger partial charge in [-0.25, -0.2) is 8.42 Å². The first kappa shape index (κ1) is 23.2. The van der Waals surface area contributed by atoms with Crippen molar-refractivity contribution in [3.63, 3.8) is 0 Å². The van der Waals surface area contributed by atoms with Gasteiger partial charge in [-0.05, 0) is 56.7 Å². The van der Waals surface area contributed by atoms with Gasteiger partial charge in [-0.2, -0.15) is 0 Å². The van der Waals surface area contributed by atoms with Crippen LogP contribution in [0.25, 0.3) is 0 Å². The molecule has 0 radical (unpaired) electrons. The number of sulfonamides is 1. The number of aryl methyl sites for hydroxylation is 2.